The molecule has 1 aromatic heterocycles. The van der Waals surface area contributed by atoms with Gasteiger partial charge in [0.2, 0.25) is 0 Å². The second kappa shape index (κ2) is 5.15. The highest BCUT2D eigenvalue weighted by Gasteiger charge is 2.01. The minimum atomic E-state index is -0.276. The third-order valence-corrected chi connectivity index (χ3v) is 2.54. The van der Waals surface area contributed by atoms with Crippen molar-refractivity contribution in [1.29, 1.82) is 0 Å². The van der Waals surface area contributed by atoms with Crippen molar-refractivity contribution in [3.8, 4) is 5.75 Å². The molecule has 0 bridgehead atoms. The fourth-order valence-electron chi connectivity index (χ4n) is 1.35. The van der Waals surface area contributed by atoms with Crippen molar-refractivity contribution in [2.45, 2.75) is 13.5 Å². The number of pyridine rings is 1. The van der Waals surface area contributed by atoms with Gasteiger partial charge in [-0.3, -0.25) is 4.98 Å². The molecule has 0 radical (unpaired) electrons. The molecule has 0 spiro atoms. The predicted molar refractivity (Wildman–Crippen MR) is 64.7 cm³/mol. The number of halogens is 2. The van der Waals surface area contributed by atoms with E-state index in [1.807, 2.05) is 0 Å². The van der Waals surface area contributed by atoms with E-state index in [1.54, 1.807) is 37.4 Å². The molecule has 88 valence electrons. The lowest BCUT2D eigenvalue weighted by Gasteiger charge is -2.06. The van der Waals surface area contributed by atoms with E-state index in [2.05, 4.69) is 4.98 Å². The highest BCUT2D eigenvalue weighted by Crippen LogP contribution is 2.17. The number of aromatic nitrogens is 1. The first-order valence-corrected chi connectivity index (χ1v) is 5.52. The number of hydrogen-bond acceptors (Lipinski definition) is 2. The smallest absolute Gasteiger partial charge is 0.130 e. The molecule has 0 aliphatic heterocycles. The van der Waals surface area contributed by atoms with Gasteiger partial charge in [0, 0.05) is 17.3 Å². The molecule has 0 N–H and O–H groups in total. The minimum absolute atomic E-state index is 0.267. The highest BCUT2D eigenvalue weighted by atomic mass is 35.5. The Morgan fingerprint density at radius 1 is 1.29 bits per heavy atom. The quantitative estimate of drug-likeness (QED) is 0.829. The Morgan fingerprint density at radius 3 is 2.82 bits per heavy atom. The largest absolute Gasteiger partial charge is 0.487 e. The van der Waals surface area contributed by atoms with Gasteiger partial charge in [-0.15, -0.1) is 0 Å². The van der Waals surface area contributed by atoms with Crippen LogP contribution in [0.15, 0.2) is 36.5 Å². The third kappa shape index (κ3) is 3.17. The van der Waals surface area contributed by atoms with Crippen molar-refractivity contribution in [3.05, 3.63) is 58.6 Å². The van der Waals surface area contributed by atoms with E-state index in [9.17, 15) is 4.39 Å². The van der Waals surface area contributed by atoms with Gasteiger partial charge in [0.05, 0.1) is 5.69 Å². The lowest BCUT2D eigenvalue weighted by Crippen LogP contribution is -1.98. The first-order valence-electron chi connectivity index (χ1n) is 5.14. The predicted octanol–water partition coefficient (Wildman–Crippen LogP) is 3.76. The Hall–Kier alpha value is -1.61. The Labute approximate surface area is 104 Å². The van der Waals surface area contributed by atoms with Crippen LogP contribution in [0.2, 0.25) is 5.02 Å². The average molecular weight is 252 g/mol. The molecule has 1 aromatic carbocycles. The molecule has 0 saturated heterocycles. The molecule has 0 amide bonds. The summed E-state index contributed by atoms with van der Waals surface area (Å²) in [6.07, 6.45) is 1.61. The number of benzene rings is 1. The summed E-state index contributed by atoms with van der Waals surface area (Å²) in [6, 6.07) is 8.17. The lowest BCUT2D eigenvalue weighted by molar-refractivity contribution is 0.299. The standard InChI is InChI=1S/C13H11ClFNO/c1-9-2-3-12(7-13(9)15)17-8-11-6-10(14)4-5-16-11/h2-7H,8H2,1H3. The molecule has 0 unspecified atom stereocenters. The van der Waals surface area contributed by atoms with Crippen molar-refractivity contribution in [2.24, 2.45) is 0 Å². The fourth-order valence-corrected chi connectivity index (χ4v) is 1.53. The molecule has 0 saturated carbocycles. The van der Waals surface area contributed by atoms with Crippen LogP contribution in [0.25, 0.3) is 0 Å². The van der Waals surface area contributed by atoms with Gasteiger partial charge >= 0.3 is 0 Å². The molecule has 0 aliphatic rings. The van der Waals surface area contributed by atoms with Crippen molar-refractivity contribution in [1.82, 2.24) is 4.98 Å². The summed E-state index contributed by atoms with van der Waals surface area (Å²) >= 11 is 5.82. The molecule has 2 rings (SSSR count). The zero-order valence-electron chi connectivity index (χ0n) is 9.28. The van der Waals surface area contributed by atoms with E-state index in [1.165, 1.54) is 6.07 Å². The second-order valence-electron chi connectivity index (χ2n) is 3.67. The maximum absolute atomic E-state index is 13.3. The molecule has 2 aromatic rings. The maximum Gasteiger partial charge on any atom is 0.130 e. The van der Waals surface area contributed by atoms with Gasteiger partial charge in [0.15, 0.2) is 0 Å². The van der Waals surface area contributed by atoms with E-state index in [0.29, 0.717) is 22.0 Å². The van der Waals surface area contributed by atoms with Crippen LogP contribution in [0.3, 0.4) is 0 Å². The second-order valence-corrected chi connectivity index (χ2v) is 4.10. The number of ether oxygens (including phenoxy) is 1. The van der Waals surface area contributed by atoms with Crippen molar-refractivity contribution in [3.63, 3.8) is 0 Å². The summed E-state index contributed by atoms with van der Waals surface area (Å²) < 4.78 is 18.7. The van der Waals surface area contributed by atoms with E-state index >= 15 is 0 Å². The molecule has 0 atom stereocenters. The molecule has 2 nitrogen and oxygen atoms in total. The summed E-state index contributed by atoms with van der Waals surface area (Å²) in [5.41, 5.74) is 1.30. The topological polar surface area (TPSA) is 22.1 Å². The van der Waals surface area contributed by atoms with Gasteiger partial charge in [-0.1, -0.05) is 17.7 Å². The van der Waals surface area contributed by atoms with E-state index in [4.69, 9.17) is 16.3 Å². The first kappa shape index (κ1) is 11.9. The van der Waals surface area contributed by atoms with Gasteiger partial charge in [0.25, 0.3) is 0 Å². The Kier molecular flexibility index (Phi) is 3.59. The van der Waals surface area contributed by atoms with E-state index in [-0.39, 0.29) is 12.4 Å². The third-order valence-electron chi connectivity index (χ3n) is 2.31. The zero-order valence-corrected chi connectivity index (χ0v) is 10.0. The molecule has 4 heteroatoms. The van der Waals surface area contributed by atoms with Gasteiger partial charge in [0.1, 0.15) is 18.2 Å². The van der Waals surface area contributed by atoms with Crippen LogP contribution in [0.5, 0.6) is 5.75 Å². The monoisotopic (exact) mass is 251 g/mol. The summed E-state index contributed by atoms with van der Waals surface area (Å²) in [5.74, 6) is 0.205. The summed E-state index contributed by atoms with van der Waals surface area (Å²) in [4.78, 5) is 4.09. The van der Waals surface area contributed by atoms with E-state index < -0.39 is 0 Å². The SMILES string of the molecule is Cc1ccc(OCc2cc(Cl)ccn2)cc1F. The summed E-state index contributed by atoms with van der Waals surface area (Å²) in [7, 11) is 0. The lowest BCUT2D eigenvalue weighted by atomic mass is 10.2. The number of hydrogen-bond donors (Lipinski definition) is 0. The normalized spacial score (nSPS) is 10.3. The van der Waals surface area contributed by atoms with Gasteiger partial charge in [-0.2, -0.15) is 0 Å². The molecular formula is C13H11ClFNO. The zero-order chi connectivity index (χ0) is 12.3. The first-order chi connectivity index (χ1) is 8.15. The van der Waals surface area contributed by atoms with Crippen LogP contribution in [0, 0.1) is 12.7 Å². The summed E-state index contributed by atoms with van der Waals surface area (Å²) in [5, 5.41) is 0.605. The number of nitrogens with zero attached hydrogens (tertiary/aromatic N) is 1. The molecule has 17 heavy (non-hydrogen) atoms. The van der Waals surface area contributed by atoms with Gasteiger partial charge in [-0.05, 0) is 30.7 Å². The number of rotatable bonds is 3. The van der Waals surface area contributed by atoms with Crippen molar-refractivity contribution < 1.29 is 9.13 Å². The minimum Gasteiger partial charge on any atom is -0.487 e. The van der Waals surface area contributed by atoms with Crippen molar-refractivity contribution >= 4 is 11.6 Å². The van der Waals surface area contributed by atoms with Crippen LogP contribution in [-0.4, -0.2) is 4.98 Å². The van der Waals surface area contributed by atoms with Crippen molar-refractivity contribution in [2.75, 3.05) is 0 Å². The molecule has 0 fully saturated rings. The van der Waals surface area contributed by atoms with Crippen LogP contribution in [0.1, 0.15) is 11.3 Å². The van der Waals surface area contributed by atoms with Crippen LogP contribution < -0.4 is 4.74 Å². The van der Waals surface area contributed by atoms with Crippen LogP contribution in [-0.2, 0) is 6.61 Å². The van der Waals surface area contributed by atoms with Gasteiger partial charge < -0.3 is 4.74 Å². The Morgan fingerprint density at radius 2 is 2.12 bits per heavy atom. The van der Waals surface area contributed by atoms with Gasteiger partial charge in [-0.25, -0.2) is 4.39 Å². The molecule has 1 heterocycles. The van der Waals surface area contributed by atoms with Crippen LogP contribution >= 0.6 is 11.6 Å². The molecular weight excluding hydrogens is 241 g/mol. The Balaban J connectivity index is 2.05. The number of aryl methyl sites for hydroxylation is 1. The maximum atomic E-state index is 13.3. The fraction of sp³-hybridized carbons (Fsp3) is 0.154. The Bertz CT molecular complexity index is 531. The average Bonchev–Trinajstić information content (AvgIpc) is 2.31. The summed E-state index contributed by atoms with van der Waals surface area (Å²) in [6.45, 7) is 1.97. The highest BCUT2D eigenvalue weighted by molar-refractivity contribution is 6.30. The van der Waals surface area contributed by atoms with E-state index in [0.717, 1.165) is 0 Å². The van der Waals surface area contributed by atoms with Crippen LogP contribution in [0.4, 0.5) is 4.39 Å². The molecule has 0 aliphatic carbocycles.